The van der Waals surface area contributed by atoms with Crippen LogP contribution in [0.5, 0.6) is 0 Å². The lowest BCUT2D eigenvalue weighted by molar-refractivity contribution is 0.0876. The topological polar surface area (TPSA) is 111 Å². The van der Waals surface area contributed by atoms with Gasteiger partial charge in [-0.1, -0.05) is 19.6 Å². The van der Waals surface area contributed by atoms with Crippen LogP contribution in [0.1, 0.15) is 30.1 Å². The molecule has 1 aliphatic carbocycles. The van der Waals surface area contributed by atoms with Crippen molar-refractivity contribution in [2.75, 3.05) is 6.61 Å². The highest BCUT2D eigenvalue weighted by Crippen LogP contribution is 2.35. The van der Waals surface area contributed by atoms with E-state index >= 15 is 0 Å². The molecule has 1 aliphatic rings. The molecular weight excluding hydrogens is 513 g/mol. The summed E-state index contributed by atoms with van der Waals surface area (Å²) in [5.41, 5.74) is 3.11. The van der Waals surface area contributed by atoms with E-state index in [0.29, 0.717) is 40.2 Å². The molecule has 3 heterocycles. The van der Waals surface area contributed by atoms with E-state index in [1.54, 1.807) is 30.2 Å². The zero-order chi connectivity index (χ0) is 27.9. The molecule has 1 fully saturated rings. The number of nitriles is 1. The number of carbonyl (C=O) groups is 1. The standard InChI is InChI=1S/C28H34FN7O2Si/c1-17(19-10-18(11-19)13-30)32-28(37)22-15-36(16-38-8-9-39(3,4)5)27-26(22)33-23(14-31-27)25-21-7-6-20(29)12-24(21)35(2)34-25/h6-7,12,14-15,17-19H,8-11,16H2,1-5H3,(H,32,37). The molecule has 1 unspecified atom stereocenters. The lowest BCUT2D eigenvalue weighted by Gasteiger charge is -2.35. The molecule has 1 aromatic carbocycles. The van der Waals surface area contributed by atoms with Crippen LogP contribution >= 0.6 is 0 Å². The van der Waals surface area contributed by atoms with Crippen LogP contribution in [0.4, 0.5) is 4.39 Å². The Morgan fingerprint density at radius 3 is 2.82 bits per heavy atom. The van der Waals surface area contributed by atoms with Crippen LogP contribution in [0, 0.1) is 29.0 Å². The Morgan fingerprint density at radius 1 is 1.33 bits per heavy atom. The normalized spacial score (nSPS) is 18.2. The van der Waals surface area contributed by atoms with E-state index in [9.17, 15) is 9.18 Å². The summed E-state index contributed by atoms with van der Waals surface area (Å²) in [7, 11) is 0.508. The van der Waals surface area contributed by atoms with Crippen LogP contribution in [0.25, 0.3) is 33.5 Å². The van der Waals surface area contributed by atoms with Crippen molar-refractivity contribution in [1.29, 1.82) is 5.26 Å². The first-order chi connectivity index (χ1) is 18.5. The lowest BCUT2D eigenvalue weighted by Crippen LogP contribution is -2.43. The number of nitrogens with one attached hydrogen (secondary N) is 1. The molecule has 204 valence electrons. The summed E-state index contributed by atoms with van der Waals surface area (Å²) in [5, 5.41) is 17.5. The van der Waals surface area contributed by atoms with Crippen molar-refractivity contribution in [2.24, 2.45) is 18.9 Å². The monoisotopic (exact) mass is 547 g/mol. The van der Waals surface area contributed by atoms with Gasteiger partial charge in [0.05, 0.1) is 23.3 Å². The molecule has 0 aliphatic heterocycles. The second kappa shape index (κ2) is 10.5. The van der Waals surface area contributed by atoms with Crippen molar-refractivity contribution in [3.8, 4) is 17.5 Å². The number of aromatic nitrogens is 5. The molecule has 9 nitrogen and oxygen atoms in total. The molecule has 11 heteroatoms. The predicted octanol–water partition coefficient (Wildman–Crippen LogP) is 5.10. The van der Waals surface area contributed by atoms with Gasteiger partial charge in [-0.15, -0.1) is 0 Å². The average Bonchev–Trinajstić information content (AvgIpc) is 3.37. The zero-order valence-corrected chi connectivity index (χ0v) is 24.0. The van der Waals surface area contributed by atoms with Crippen LogP contribution in [0.3, 0.4) is 0 Å². The number of rotatable bonds is 9. The van der Waals surface area contributed by atoms with Gasteiger partial charge in [0.2, 0.25) is 0 Å². The molecule has 1 saturated carbocycles. The van der Waals surface area contributed by atoms with Gasteiger partial charge in [0.15, 0.2) is 5.65 Å². The maximum Gasteiger partial charge on any atom is 0.255 e. The summed E-state index contributed by atoms with van der Waals surface area (Å²) < 4.78 is 23.3. The molecule has 3 aromatic heterocycles. The summed E-state index contributed by atoms with van der Waals surface area (Å²) in [4.78, 5) is 23.0. The minimum Gasteiger partial charge on any atom is -0.361 e. The summed E-state index contributed by atoms with van der Waals surface area (Å²) in [6.07, 6.45) is 4.96. The van der Waals surface area contributed by atoms with E-state index < -0.39 is 8.07 Å². The molecule has 5 rings (SSSR count). The summed E-state index contributed by atoms with van der Waals surface area (Å²) in [5.74, 6) is -0.239. The molecule has 39 heavy (non-hydrogen) atoms. The fourth-order valence-corrected chi connectivity index (χ4v) is 5.73. The number of nitrogens with zero attached hydrogens (tertiary/aromatic N) is 6. The minimum absolute atomic E-state index is 0.0691. The Hall–Kier alpha value is -3.62. The van der Waals surface area contributed by atoms with Gasteiger partial charge in [-0.2, -0.15) is 10.4 Å². The Kier molecular flexibility index (Phi) is 7.26. The number of halogens is 1. The van der Waals surface area contributed by atoms with E-state index in [2.05, 4.69) is 41.1 Å². The molecule has 0 radical (unpaired) electrons. The van der Waals surface area contributed by atoms with Gasteiger partial charge in [-0.05, 0) is 49.9 Å². The molecule has 0 spiro atoms. The Labute approximate surface area is 228 Å². The van der Waals surface area contributed by atoms with Crippen LogP contribution in [0.2, 0.25) is 25.7 Å². The number of hydrogen-bond acceptors (Lipinski definition) is 6. The third-order valence-electron chi connectivity index (χ3n) is 7.52. The molecule has 4 aromatic rings. The highest BCUT2D eigenvalue weighted by Gasteiger charge is 2.34. The maximum atomic E-state index is 13.9. The first kappa shape index (κ1) is 27.0. The van der Waals surface area contributed by atoms with Crippen molar-refractivity contribution < 1.29 is 13.9 Å². The second-order valence-electron chi connectivity index (χ2n) is 11.7. The van der Waals surface area contributed by atoms with E-state index in [1.807, 2.05) is 11.5 Å². The van der Waals surface area contributed by atoms with E-state index in [4.69, 9.17) is 15.0 Å². The molecule has 0 bridgehead atoms. The minimum atomic E-state index is -1.24. The largest absolute Gasteiger partial charge is 0.361 e. The SMILES string of the molecule is CC(NC(=O)c1cn(COCC[Si](C)(C)C)c2ncc(-c3nn(C)c4cc(F)ccc34)nc12)C1CC(C#N)C1. The predicted molar refractivity (Wildman–Crippen MR) is 150 cm³/mol. The maximum absolute atomic E-state index is 13.9. The van der Waals surface area contributed by atoms with Crippen LogP contribution < -0.4 is 5.32 Å². The lowest BCUT2D eigenvalue weighted by atomic mass is 9.72. The third-order valence-corrected chi connectivity index (χ3v) is 9.22. The first-order valence-electron chi connectivity index (χ1n) is 13.3. The van der Waals surface area contributed by atoms with Crippen LogP contribution in [-0.2, 0) is 18.5 Å². The van der Waals surface area contributed by atoms with Gasteiger partial charge in [-0.3, -0.25) is 9.48 Å². The first-order valence-corrected chi connectivity index (χ1v) is 17.0. The second-order valence-corrected chi connectivity index (χ2v) is 17.4. The van der Waals surface area contributed by atoms with Crippen LogP contribution in [-0.4, -0.2) is 50.9 Å². The summed E-state index contributed by atoms with van der Waals surface area (Å²) in [6, 6.07) is 7.77. The average molecular weight is 548 g/mol. The number of amides is 1. The summed E-state index contributed by atoms with van der Waals surface area (Å²) >= 11 is 0. The quantitative estimate of drug-likeness (QED) is 0.230. The van der Waals surface area contributed by atoms with Gasteiger partial charge in [-0.25, -0.2) is 14.4 Å². The number of ether oxygens (including phenoxy) is 1. The van der Waals surface area contributed by atoms with E-state index in [1.165, 1.54) is 12.1 Å². The van der Waals surface area contributed by atoms with Crippen molar-refractivity contribution in [1.82, 2.24) is 29.6 Å². The van der Waals surface area contributed by atoms with Gasteiger partial charge in [0.25, 0.3) is 5.91 Å². The highest BCUT2D eigenvalue weighted by atomic mass is 28.3. The molecule has 1 amide bonds. The number of carbonyl (C=O) groups excluding carboxylic acids is 1. The van der Waals surface area contributed by atoms with Crippen molar-refractivity contribution in [2.45, 2.75) is 58.2 Å². The fraction of sp³-hybridized carbons (Fsp3) is 0.464. The zero-order valence-electron chi connectivity index (χ0n) is 23.0. The van der Waals surface area contributed by atoms with Crippen LogP contribution in [0.15, 0.2) is 30.6 Å². The van der Waals surface area contributed by atoms with Gasteiger partial charge >= 0.3 is 0 Å². The van der Waals surface area contributed by atoms with Crippen molar-refractivity contribution in [3.63, 3.8) is 0 Å². The number of aryl methyl sites for hydroxylation is 1. The summed E-state index contributed by atoms with van der Waals surface area (Å²) in [6.45, 7) is 9.77. The number of fused-ring (bicyclic) bond motifs is 2. The molecule has 1 N–H and O–H groups in total. The molecular formula is C28H34FN7O2Si. The fourth-order valence-electron chi connectivity index (χ4n) is 4.97. The molecule has 0 saturated heterocycles. The number of hydrogen-bond donors (Lipinski definition) is 1. The smallest absolute Gasteiger partial charge is 0.255 e. The Morgan fingerprint density at radius 2 is 2.10 bits per heavy atom. The Bertz CT molecular complexity index is 1580. The van der Waals surface area contributed by atoms with Crippen molar-refractivity contribution in [3.05, 3.63) is 42.0 Å². The van der Waals surface area contributed by atoms with Crippen molar-refractivity contribution >= 4 is 36.0 Å². The van der Waals surface area contributed by atoms with E-state index in [-0.39, 0.29) is 36.3 Å². The van der Waals surface area contributed by atoms with Gasteiger partial charge in [0, 0.05) is 45.3 Å². The molecule has 1 atom stereocenters. The van der Waals surface area contributed by atoms with Gasteiger partial charge < -0.3 is 14.6 Å². The Balaban J connectivity index is 1.48. The number of benzene rings is 1. The van der Waals surface area contributed by atoms with Gasteiger partial charge in [0.1, 0.15) is 29.5 Å². The van der Waals surface area contributed by atoms with E-state index in [0.717, 1.165) is 24.3 Å². The highest BCUT2D eigenvalue weighted by molar-refractivity contribution is 6.76. The third kappa shape index (κ3) is 5.58.